The Hall–Kier alpha value is -2.50. The van der Waals surface area contributed by atoms with Crippen molar-refractivity contribution in [2.45, 2.75) is 26.3 Å². The molecule has 3 heterocycles. The number of piperidine rings is 1. The number of amides is 1. The molecule has 23 heavy (non-hydrogen) atoms. The van der Waals surface area contributed by atoms with Crippen LogP contribution < -0.4 is 5.32 Å². The van der Waals surface area contributed by atoms with Gasteiger partial charge in [-0.3, -0.25) is 9.78 Å². The first kappa shape index (κ1) is 15.4. The summed E-state index contributed by atoms with van der Waals surface area (Å²) in [6, 6.07) is 7.42. The van der Waals surface area contributed by atoms with Gasteiger partial charge in [0.25, 0.3) is 5.91 Å². The molecule has 1 unspecified atom stereocenters. The van der Waals surface area contributed by atoms with Crippen LogP contribution in [0.5, 0.6) is 0 Å². The van der Waals surface area contributed by atoms with E-state index in [4.69, 9.17) is 0 Å². The molecule has 2 aromatic rings. The number of carbonyl (C=O) groups is 1. The molecule has 0 radical (unpaired) electrons. The first-order valence-electron chi connectivity index (χ1n) is 7.98. The summed E-state index contributed by atoms with van der Waals surface area (Å²) >= 11 is 0. The lowest BCUT2D eigenvalue weighted by Crippen LogP contribution is -2.39. The van der Waals surface area contributed by atoms with Crippen molar-refractivity contribution in [3.8, 4) is 0 Å². The van der Waals surface area contributed by atoms with Crippen molar-refractivity contribution in [3.63, 3.8) is 0 Å². The molecule has 1 amide bonds. The highest BCUT2D eigenvalue weighted by Gasteiger charge is 2.23. The van der Waals surface area contributed by atoms with Crippen LogP contribution in [0.15, 0.2) is 36.7 Å². The van der Waals surface area contributed by atoms with Gasteiger partial charge >= 0.3 is 0 Å². The number of nitrogens with one attached hydrogen (secondary N) is 1. The zero-order valence-electron chi connectivity index (χ0n) is 13.3. The summed E-state index contributed by atoms with van der Waals surface area (Å²) in [5.74, 6) is 1.19. The van der Waals surface area contributed by atoms with Crippen LogP contribution in [0.1, 0.15) is 35.8 Å². The second kappa shape index (κ2) is 7.17. The molecular formula is C17H21N5O. The van der Waals surface area contributed by atoms with Crippen LogP contribution in [0.3, 0.4) is 0 Å². The van der Waals surface area contributed by atoms with Gasteiger partial charge in [-0.05, 0) is 48.6 Å². The number of rotatable bonds is 4. The van der Waals surface area contributed by atoms with E-state index >= 15 is 0 Å². The quantitative estimate of drug-likeness (QED) is 0.938. The lowest BCUT2D eigenvalue weighted by atomic mass is 10.00. The molecule has 3 rings (SSSR count). The van der Waals surface area contributed by atoms with Gasteiger partial charge in [-0.1, -0.05) is 6.92 Å². The lowest BCUT2D eigenvalue weighted by Gasteiger charge is -2.30. The predicted octanol–water partition coefficient (Wildman–Crippen LogP) is 2.36. The molecule has 2 aromatic heterocycles. The minimum atomic E-state index is -0.0234. The van der Waals surface area contributed by atoms with Crippen LogP contribution >= 0.6 is 0 Å². The molecule has 120 valence electrons. The number of hydrogen-bond acceptors (Lipinski definition) is 5. The third-order valence-corrected chi connectivity index (χ3v) is 4.05. The maximum atomic E-state index is 12.4. The Morgan fingerprint density at radius 1 is 1.26 bits per heavy atom. The Morgan fingerprint density at radius 3 is 2.78 bits per heavy atom. The maximum Gasteiger partial charge on any atom is 0.274 e. The molecule has 0 aliphatic carbocycles. The van der Waals surface area contributed by atoms with Gasteiger partial charge in [-0.15, -0.1) is 10.2 Å². The molecule has 1 N–H and O–H groups in total. The first-order chi connectivity index (χ1) is 11.2. The predicted molar refractivity (Wildman–Crippen MR) is 87.9 cm³/mol. The van der Waals surface area contributed by atoms with Crippen molar-refractivity contribution in [2.24, 2.45) is 5.92 Å². The summed E-state index contributed by atoms with van der Waals surface area (Å²) in [5.41, 5.74) is 1.53. The third kappa shape index (κ3) is 4.03. The highest BCUT2D eigenvalue weighted by Crippen LogP contribution is 2.17. The SMILES string of the molecule is CC1CCCN(C(=O)c2ccc(NCc3ccncc3)nn2)C1. The molecule has 0 saturated carbocycles. The van der Waals surface area contributed by atoms with Crippen LogP contribution in [0.2, 0.25) is 0 Å². The number of carbonyl (C=O) groups excluding carboxylic acids is 1. The molecule has 0 spiro atoms. The number of nitrogens with zero attached hydrogens (tertiary/aromatic N) is 4. The Morgan fingerprint density at radius 2 is 2.09 bits per heavy atom. The third-order valence-electron chi connectivity index (χ3n) is 4.05. The average molecular weight is 311 g/mol. The number of anilines is 1. The van der Waals surface area contributed by atoms with Crippen molar-refractivity contribution in [1.29, 1.82) is 0 Å². The van der Waals surface area contributed by atoms with E-state index < -0.39 is 0 Å². The van der Waals surface area contributed by atoms with Crippen LogP contribution in [0, 0.1) is 5.92 Å². The van der Waals surface area contributed by atoms with E-state index in [1.54, 1.807) is 24.5 Å². The first-order valence-corrected chi connectivity index (χ1v) is 7.98. The summed E-state index contributed by atoms with van der Waals surface area (Å²) in [6.45, 7) is 4.45. The molecule has 1 aliphatic heterocycles. The highest BCUT2D eigenvalue weighted by atomic mass is 16.2. The van der Waals surface area contributed by atoms with Crippen LogP contribution in [-0.4, -0.2) is 39.1 Å². The molecular weight excluding hydrogens is 290 g/mol. The molecule has 1 atom stereocenters. The summed E-state index contributed by atoms with van der Waals surface area (Å²) in [6.07, 6.45) is 5.76. The molecule has 6 nitrogen and oxygen atoms in total. The van der Waals surface area contributed by atoms with Crippen molar-refractivity contribution >= 4 is 11.7 Å². The number of likely N-dealkylation sites (tertiary alicyclic amines) is 1. The monoisotopic (exact) mass is 311 g/mol. The minimum Gasteiger partial charge on any atom is -0.365 e. The second-order valence-corrected chi connectivity index (χ2v) is 6.01. The van der Waals surface area contributed by atoms with Crippen LogP contribution in [-0.2, 0) is 6.54 Å². The number of pyridine rings is 1. The molecule has 6 heteroatoms. The molecule has 0 bridgehead atoms. The molecule has 1 saturated heterocycles. The van der Waals surface area contributed by atoms with Crippen molar-refractivity contribution in [2.75, 3.05) is 18.4 Å². The summed E-state index contributed by atoms with van der Waals surface area (Å²) in [4.78, 5) is 18.3. The number of aromatic nitrogens is 3. The standard InChI is InChI=1S/C17H21N5O/c1-13-3-2-10-22(12-13)17(23)15-4-5-16(21-20-15)19-11-14-6-8-18-9-7-14/h4-9,13H,2-3,10-12H2,1H3,(H,19,21). The zero-order valence-corrected chi connectivity index (χ0v) is 13.3. The van der Waals surface area contributed by atoms with Gasteiger partial charge in [0.05, 0.1) is 0 Å². The van der Waals surface area contributed by atoms with Gasteiger partial charge in [0, 0.05) is 32.0 Å². The van der Waals surface area contributed by atoms with Crippen molar-refractivity contribution < 1.29 is 4.79 Å². The van der Waals surface area contributed by atoms with Crippen molar-refractivity contribution in [3.05, 3.63) is 47.9 Å². The van der Waals surface area contributed by atoms with E-state index in [0.29, 0.717) is 24.0 Å². The Balaban J connectivity index is 1.59. The Kier molecular flexibility index (Phi) is 4.80. The lowest BCUT2D eigenvalue weighted by molar-refractivity contribution is 0.0676. The van der Waals surface area contributed by atoms with Gasteiger partial charge in [-0.25, -0.2) is 0 Å². The van der Waals surface area contributed by atoms with Gasteiger partial charge < -0.3 is 10.2 Å². The molecule has 0 aromatic carbocycles. The second-order valence-electron chi connectivity index (χ2n) is 6.01. The molecule has 1 aliphatic rings. The fourth-order valence-electron chi connectivity index (χ4n) is 2.77. The van der Waals surface area contributed by atoms with Crippen LogP contribution in [0.25, 0.3) is 0 Å². The van der Waals surface area contributed by atoms with Gasteiger partial charge in [-0.2, -0.15) is 0 Å². The van der Waals surface area contributed by atoms with Crippen molar-refractivity contribution in [1.82, 2.24) is 20.1 Å². The summed E-state index contributed by atoms with van der Waals surface area (Å²) < 4.78 is 0. The largest absolute Gasteiger partial charge is 0.365 e. The van der Waals surface area contributed by atoms with Gasteiger partial charge in [0.2, 0.25) is 0 Å². The van der Waals surface area contributed by atoms with Gasteiger partial charge in [0.1, 0.15) is 5.82 Å². The zero-order chi connectivity index (χ0) is 16.1. The Bertz CT molecular complexity index is 644. The summed E-state index contributed by atoms with van der Waals surface area (Å²) in [5, 5.41) is 11.4. The van der Waals surface area contributed by atoms with E-state index in [9.17, 15) is 4.79 Å². The van der Waals surface area contributed by atoms with Crippen LogP contribution in [0.4, 0.5) is 5.82 Å². The van der Waals surface area contributed by atoms with Gasteiger partial charge in [0.15, 0.2) is 5.69 Å². The van der Waals surface area contributed by atoms with E-state index in [1.807, 2.05) is 17.0 Å². The topological polar surface area (TPSA) is 71.0 Å². The maximum absolute atomic E-state index is 12.4. The van der Waals surface area contributed by atoms with E-state index in [1.165, 1.54) is 6.42 Å². The van der Waals surface area contributed by atoms with E-state index in [0.717, 1.165) is 25.1 Å². The number of hydrogen-bond donors (Lipinski definition) is 1. The smallest absolute Gasteiger partial charge is 0.274 e. The summed E-state index contributed by atoms with van der Waals surface area (Å²) in [7, 11) is 0. The Labute approximate surface area is 136 Å². The normalized spacial score (nSPS) is 17.8. The minimum absolute atomic E-state index is 0.0234. The molecule has 1 fully saturated rings. The van der Waals surface area contributed by atoms with E-state index in [2.05, 4.69) is 27.4 Å². The van der Waals surface area contributed by atoms with E-state index in [-0.39, 0.29) is 5.91 Å². The fraction of sp³-hybridized carbons (Fsp3) is 0.412. The fourth-order valence-corrected chi connectivity index (χ4v) is 2.77. The highest BCUT2D eigenvalue weighted by molar-refractivity contribution is 5.92. The average Bonchev–Trinajstić information content (AvgIpc) is 2.61.